The van der Waals surface area contributed by atoms with E-state index in [-0.39, 0.29) is 18.5 Å². The number of aromatic nitrogens is 2. The summed E-state index contributed by atoms with van der Waals surface area (Å²) in [5.74, 6) is 0.972. The summed E-state index contributed by atoms with van der Waals surface area (Å²) in [6, 6.07) is 11.7. The Morgan fingerprint density at radius 1 is 1.18 bits per heavy atom. The average Bonchev–Trinajstić information content (AvgIpc) is 3.34. The molecule has 0 atom stereocenters. The lowest BCUT2D eigenvalue weighted by atomic mass is 10.1. The molecule has 6 nitrogen and oxygen atoms in total. The summed E-state index contributed by atoms with van der Waals surface area (Å²) in [5.41, 5.74) is 2.99. The smallest absolute Gasteiger partial charge is 0.257 e. The normalized spacial score (nSPS) is 12.2. The highest BCUT2D eigenvalue weighted by molar-refractivity contribution is 5.95. The van der Waals surface area contributed by atoms with Gasteiger partial charge in [0, 0.05) is 13.6 Å². The number of hydrogen-bond donors (Lipinski definition) is 0. The van der Waals surface area contributed by atoms with E-state index >= 15 is 0 Å². The van der Waals surface area contributed by atoms with Gasteiger partial charge in [0.2, 0.25) is 6.79 Å². The molecule has 7 heteroatoms. The van der Waals surface area contributed by atoms with Crippen molar-refractivity contribution in [1.82, 2.24) is 14.7 Å². The first kappa shape index (κ1) is 18.0. The SMILES string of the molecule is CCc1c(C(=O)N(C)Cc2ccc3c(c2)OCO3)cnn1-c1ccc(F)cc1. The Morgan fingerprint density at radius 2 is 1.93 bits per heavy atom. The van der Waals surface area contributed by atoms with Crippen LogP contribution in [0.15, 0.2) is 48.7 Å². The van der Waals surface area contributed by atoms with Gasteiger partial charge in [0.1, 0.15) is 5.82 Å². The Hall–Kier alpha value is -3.35. The van der Waals surface area contributed by atoms with Gasteiger partial charge in [0.05, 0.1) is 23.1 Å². The van der Waals surface area contributed by atoms with E-state index in [1.807, 2.05) is 25.1 Å². The predicted molar refractivity (Wildman–Crippen MR) is 101 cm³/mol. The van der Waals surface area contributed by atoms with E-state index in [2.05, 4.69) is 5.10 Å². The quantitative estimate of drug-likeness (QED) is 0.678. The van der Waals surface area contributed by atoms with Crippen LogP contribution in [0.3, 0.4) is 0 Å². The number of halogens is 1. The summed E-state index contributed by atoms with van der Waals surface area (Å²) in [7, 11) is 1.75. The summed E-state index contributed by atoms with van der Waals surface area (Å²) < 4.78 is 25.6. The second-order valence-corrected chi connectivity index (χ2v) is 6.60. The van der Waals surface area contributed by atoms with E-state index < -0.39 is 0 Å². The van der Waals surface area contributed by atoms with Gasteiger partial charge in [-0.2, -0.15) is 5.10 Å². The Kier molecular flexibility index (Phi) is 4.73. The Morgan fingerprint density at radius 3 is 2.68 bits per heavy atom. The predicted octanol–water partition coefficient (Wildman–Crippen LogP) is 3.57. The van der Waals surface area contributed by atoms with Crippen LogP contribution in [-0.2, 0) is 13.0 Å². The Bertz CT molecular complexity index is 1010. The van der Waals surface area contributed by atoms with Crippen molar-refractivity contribution in [1.29, 1.82) is 0 Å². The van der Waals surface area contributed by atoms with Crippen LogP contribution in [0.5, 0.6) is 11.5 Å². The van der Waals surface area contributed by atoms with Gasteiger partial charge < -0.3 is 14.4 Å². The molecule has 0 saturated heterocycles. The van der Waals surface area contributed by atoms with Crippen LogP contribution in [0, 0.1) is 5.82 Å². The van der Waals surface area contributed by atoms with Crippen molar-refractivity contribution in [3.05, 3.63) is 71.3 Å². The van der Waals surface area contributed by atoms with Crippen LogP contribution in [0.25, 0.3) is 5.69 Å². The number of benzene rings is 2. The van der Waals surface area contributed by atoms with Gasteiger partial charge in [-0.3, -0.25) is 4.79 Å². The van der Waals surface area contributed by atoms with Crippen LogP contribution >= 0.6 is 0 Å². The van der Waals surface area contributed by atoms with Crippen LogP contribution < -0.4 is 9.47 Å². The summed E-state index contributed by atoms with van der Waals surface area (Å²) in [6.45, 7) is 2.61. The molecule has 1 amide bonds. The summed E-state index contributed by atoms with van der Waals surface area (Å²) in [6.07, 6.45) is 2.19. The molecule has 1 aliphatic heterocycles. The van der Waals surface area contributed by atoms with Crippen molar-refractivity contribution in [3.63, 3.8) is 0 Å². The first-order chi connectivity index (χ1) is 13.6. The van der Waals surface area contributed by atoms with E-state index in [9.17, 15) is 9.18 Å². The third-order valence-corrected chi connectivity index (χ3v) is 4.71. The number of rotatable bonds is 5. The number of nitrogens with zero attached hydrogens (tertiary/aromatic N) is 3. The van der Waals surface area contributed by atoms with Crippen LogP contribution in [0.1, 0.15) is 28.5 Å². The third kappa shape index (κ3) is 3.31. The van der Waals surface area contributed by atoms with Crippen LogP contribution in [0.2, 0.25) is 0 Å². The number of carbonyl (C=O) groups excluding carboxylic acids is 1. The maximum absolute atomic E-state index is 13.2. The molecule has 0 fully saturated rings. The molecule has 0 aliphatic carbocycles. The fraction of sp³-hybridized carbons (Fsp3) is 0.238. The monoisotopic (exact) mass is 381 g/mol. The molecule has 0 bridgehead atoms. The molecule has 0 spiro atoms. The van der Waals surface area contributed by atoms with Crippen molar-refractivity contribution in [2.24, 2.45) is 0 Å². The van der Waals surface area contributed by atoms with Gasteiger partial charge in [0.15, 0.2) is 11.5 Å². The van der Waals surface area contributed by atoms with Crippen molar-refractivity contribution < 1.29 is 18.7 Å². The largest absolute Gasteiger partial charge is 0.454 e. The van der Waals surface area contributed by atoms with E-state index in [1.54, 1.807) is 35.0 Å². The molecule has 0 saturated carbocycles. The second-order valence-electron chi connectivity index (χ2n) is 6.60. The molecule has 3 aromatic rings. The highest BCUT2D eigenvalue weighted by atomic mass is 19.1. The van der Waals surface area contributed by atoms with Gasteiger partial charge in [-0.1, -0.05) is 13.0 Å². The second kappa shape index (κ2) is 7.34. The van der Waals surface area contributed by atoms with Crippen LogP contribution in [0.4, 0.5) is 4.39 Å². The van der Waals surface area contributed by atoms with Crippen LogP contribution in [-0.4, -0.2) is 34.4 Å². The molecule has 1 aliphatic rings. The summed E-state index contributed by atoms with van der Waals surface area (Å²) in [4.78, 5) is 14.7. The molecule has 1 aromatic heterocycles. The number of carbonyl (C=O) groups is 1. The van der Waals surface area contributed by atoms with Crippen molar-refractivity contribution >= 4 is 5.91 Å². The number of amides is 1. The number of ether oxygens (including phenoxy) is 2. The molecule has 2 heterocycles. The maximum atomic E-state index is 13.2. The standard InChI is InChI=1S/C21H20FN3O3/c1-3-18-17(11-23-25(18)16-7-5-15(22)6-8-16)21(26)24(2)12-14-4-9-19-20(10-14)28-13-27-19/h4-11H,3,12-13H2,1-2H3. The fourth-order valence-electron chi connectivity index (χ4n) is 3.29. The van der Waals surface area contributed by atoms with Gasteiger partial charge in [-0.05, 0) is 48.4 Å². The molecular formula is C21H20FN3O3. The van der Waals surface area contributed by atoms with Gasteiger partial charge in [-0.15, -0.1) is 0 Å². The van der Waals surface area contributed by atoms with E-state index in [0.717, 1.165) is 16.9 Å². The lowest BCUT2D eigenvalue weighted by Crippen LogP contribution is -2.27. The molecule has 144 valence electrons. The minimum atomic E-state index is -0.311. The number of fused-ring (bicyclic) bond motifs is 1. The summed E-state index contributed by atoms with van der Waals surface area (Å²) in [5, 5.41) is 4.35. The fourth-order valence-corrected chi connectivity index (χ4v) is 3.29. The lowest BCUT2D eigenvalue weighted by molar-refractivity contribution is 0.0784. The molecule has 2 aromatic carbocycles. The Labute approximate surface area is 162 Å². The highest BCUT2D eigenvalue weighted by Crippen LogP contribution is 2.32. The van der Waals surface area contributed by atoms with Gasteiger partial charge in [0.25, 0.3) is 5.91 Å². The molecule has 28 heavy (non-hydrogen) atoms. The minimum absolute atomic E-state index is 0.122. The van der Waals surface area contributed by atoms with Gasteiger partial charge >= 0.3 is 0 Å². The first-order valence-electron chi connectivity index (χ1n) is 9.03. The first-order valence-corrected chi connectivity index (χ1v) is 9.03. The van der Waals surface area contributed by atoms with Crippen molar-refractivity contribution in [2.75, 3.05) is 13.8 Å². The molecule has 0 radical (unpaired) electrons. The Balaban J connectivity index is 1.56. The maximum Gasteiger partial charge on any atom is 0.257 e. The minimum Gasteiger partial charge on any atom is -0.454 e. The molecule has 0 N–H and O–H groups in total. The van der Waals surface area contributed by atoms with E-state index in [1.165, 1.54) is 12.1 Å². The number of hydrogen-bond acceptors (Lipinski definition) is 4. The molecular weight excluding hydrogens is 361 g/mol. The lowest BCUT2D eigenvalue weighted by Gasteiger charge is -2.18. The zero-order valence-electron chi connectivity index (χ0n) is 15.7. The molecule has 0 unspecified atom stereocenters. The van der Waals surface area contributed by atoms with Crippen molar-refractivity contribution in [3.8, 4) is 17.2 Å². The van der Waals surface area contributed by atoms with Gasteiger partial charge in [-0.25, -0.2) is 9.07 Å². The van der Waals surface area contributed by atoms with E-state index in [4.69, 9.17) is 9.47 Å². The zero-order valence-corrected chi connectivity index (χ0v) is 15.7. The van der Waals surface area contributed by atoms with E-state index in [0.29, 0.717) is 30.0 Å². The van der Waals surface area contributed by atoms with Crippen molar-refractivity contribution in [2.45, 2.75) is 19.9 Å². The topological polar surface area (TPSA) is 56.6 Å². The molecule has 4 rings (SSSR count). The summed E-state index contributed by atoms with van der Waals surface area (Å²) >= 11 is 0. The average molecular weight is 381 g/mol. The highest BCUT2D eigenvalue weighted by Gasteiger charge is 2.21. The third-order valence-electron chi connectivity index (χ3n) is 4.71. The zero-order chi connectivity index (χ0) is 19.7.